The molecule has 0 aromatic heterocycles. The molecule has 5 nitrogen and oxygen atoms in total. The standard InChI is InChI=1S/C5H11BrN2O3S/c1-5(2,4(7)9)8-12(10,11)3-6/h8H,3H2,1-2H3,(H2,7,9). The van der Waals surface area contributed by atoms with Gasteiger partial charge in [0.1, 0.15) is 10.2 Å². The third-order valence-corrected chi connectivity index (χ3v) is 4.09. The summed E-state index contributed by atoms with van der Waals surface area (Å²) in [5.74, 6) is -0.716. The molecule has 0 fully saturated rings. The molecule has 0 saturated heterocycles. The lowest BCUT2D eigenvalue weighted by atomic mass is 10.1. The van der Waals surface area contributed by atoms with Crippen LogP contribution >= 0.6 is 15.9 Å². The first kappa shape index (κ1) is 11.9. The number of nitrogens with one attached hydrogen (secondary N) is 1. The van der Waals surface area contributed by atoms with Crippen LogP contribution in [0.1, 0.15) is 13.8 Å². The summed E-state index contributed by atoms with van der Waals surface area (Å²) in [5, 5.41) is 0. The number of amides is 1. The summed E-state index contributed by atoms with van der Waals surface area (Å²) in [6, 6.07) is 0. The third kappa shape index (κ3) is 3.51. The van der Waals surface area contributed by atoms with Crippen LogP contribution in [-0.2, 0) is 14.8 Å². The van der Waals surface area contributed by atoms with E-state index in [0.717, 1.165) is 0 Å². The number of carbonyl (C=O) groups excluding carboxylic acids is 1. The first-order valence-corrected chi connectivity index (χ1v) is 5.86. The molecule has 0 radical (unpaired) electrons. The van der Waals surface area contributed by atoms with Crippen molar-refractivity contribution in [2.24, 2.45) is 5.73 Å². The molecule has 12 heavy (non-hydrogen) atoms. The SMILES string of the molecule is CC(C)(NS(=O)(=O)CBr)C(N)=O. The van der Waals surface area contributed by atoms with E-state index in [1.165, 1.54) is 13.8 Å². The lowest BCUT2D eigenvalue weighted by Crippen LogP contribution is -2.53. The summed E-state index contributed by atoms with van der Waals surface area (Å²) in [5.41, 5.74) is 3.71. The average Bonchev–Trinajstić information content (AvgIpc) is 1.85. The molecule has 0 aliphatic rings. The summed E-state index contributed by atoms with van der Waals surface area (Å²) >= 11 is 2.77. The molecule has 0 saturated carbocycles. The van der Waals surface area contributed by atoms with Gasteiger partial charge in [-0.3, -0.25) is 4.79 Å². The second-order valence-electron chi connectivity index (χ2n) is 2.82. The highest BCUT2D eigenvalue weighted by Gasteiger charge is 2.29. The normalized spacial score (nSPS) is 12.9. The van der Waals surface area contributed by atoms with Gasteiger partial charge in [0, 0.05) is 0 Å². The van der Waals surface area contributed by atoms with E-state index in [0.29, 0.717) is 0 Å². The van der Waals surface area contributed by atoms with E-state index in [1.807, 2.05) is 0 Å². The first-order valence-electron chi connectivity index (χ1n) is 3.09. The molecule has 1 amide bonds. The minimum atomic E-state index is -3.46. The van der Waals surface area contributed by atoms with Crippen LogP contribution in [0.5, 0.6) is 0 Å². The summed E-state index contributed by atoms with van der Waals surface area (Å²) in [6.45, 7) is 2.80. The second-order valence-corrected chi connectivity index (χ2v) is 5.84. The Morgan fingerprint density at radius 2 is 2.00 bits per heavy atom. The minimum absolute atomic E-state index is 0.253. The number of alkyl halides is 1. The third-order valence-electron chi connectivity index (χ3n) is 1.17. The van der Waals surface area contributed by atoms with E-state index < -0.39 is 21.5 Å². The Hall–Kier alpha value is -0.140. The van der Waals surface area contributed by atoms with Gasteiger partial charge in [-0.1, -0.05) is 15.9 Å². The van der Waals surface area contributed by atoms with Crippen molar-refractivity contribution in [2.75, 3.05) is 4.66 Å². The molecule has 0 bridgehead atoms. The van der Waals surface area contributed by atoms with E-state index in [4.69, 9.17) is 5.73 Å². The van der Waals surface area contributed by atoms with Crippen LogP contribution in [0.3, 0.4) is 0 Å². The Kier molecular flexibility index (Phi) is 3.67. The van der Waals surface area contributed by atoms with E-state index in [9.17, 15) is 13.2 Å². The molecule has 0 aromatic carbocycles. The van der Waals surface area contributed by atoms with Crippen molar-refractivity contribution in [3.05, 3.63) is 0 Å². The molecule has 0 atom stereocenters. The highest BCUT2D eigenvalue weighted by atomic mass is 79.9. The Morgan fingerprint density at radius 3 is 2.25 bits per heavy atom. The van der Waals surface area contributed by atoms with E-state index in [-0.39, 0.29) is 4.66 Å². The highest BCUT2D eigenvalue weighted by molar-refractivity contribution is 9.10. The second kappa shape index (κ2) is 3.71. The van der Waals surface area contributed by atoms with Crippen LogP contribution in [0.25, 0.3) is 0 Å². The molecule has 0 aliphatic heterocycles. The van der Waals surface area contributed by atoms with Crippen LogP contribution < -0.4 is 10.5 Å². The number of nitrogens with two attached hydrogens (primary N) is 1. The van der Waals surface area contributed by atoms with Crippen LogP contribution in [0.4, 0.5) is 0 Å². The fourth-order valence-electron chi connectivity index (χ4n) is 0.466. The molecule has 7 heteroatoms. The maximum absolute atomic E-state index is 11.0. The summed E-state index contributed by atoms with van der Waals surface area (Å²) in [7, 11) is -3.46. The number of sulfonamides is 1. The zero-order valence-electron chi connectivity index (χ0n) is 6.80. The lowest BCUT2D eigenvalue weighted by Gasteiger charge is -2.20. The Morgan fingerprint density at radius 1 is 1.58 bits per heavy atom. The van der Waals surface area contributed by atoms with Gasteiger partial charge in [-0.15, -0.1) is 0 Å². The molecular weight excluding hydrogens is 248 g/mol. The average molecular weight is 259 g/mol. The van der Waals surface area contributed by atoms with Crippen molar-refractivity contribution in [1.82, 2.24) is 4.72 Å². The maximum Gasteiger partial charge on any atom is 0.238 e. The predicted molar refractivity (Wildman–Crippen MR) is 49.1 cm³/mol. The summed E-state index contributed by atoms with van der Waals surface area (Å²) < 4.78 is 23.8. The van der Waals surface area contributed by atoms with Gasteiger partial charge in [-0.2, -0.15) is 4.72 Å². The summed E-state index contributed by atoms with van der Waals surface area (Å²) in [6.07, 6.45) is 0. The molecule has 0 aliphatic carbocycles. The number of primary amides is 1. The molecule has 0 rings (SSSR count). The van der Waals surface area contributed by atoms with Gasteiger partial charge >= 0.3 is 0 Å². The number of carbonyl (C=O) groups is 1. The van der Waals surface area contributed by atoms with Crippen molar-refractivity contribution >= 4 is 31.9 Å². The van der Waals surface area contributed by atoms with Gasteiger partial charge in [-0.05, 0) is 13.8 Å². The molecule has 0 spiro atoms. The van der Waals surface area contributed by atoms with E-state index in [2.05, 4.69) is 20.7 Å². The maximum atomic E-state index is 11.0. The van der Waals surface area contributed by atoms with Crippen LogP contribution in [0.15, 0.2) is 0 Å². The van der Waals surface area contributed by atoms with Gasteiger partial charge in [0.2, 0.25) is 15.9 Å². The number of rotatable bonds is 4. The van der Waals surface area contributed by atoms with Gasteiger partial charge in [-0.25, -0.2) is 8.42 Å². The van der Waals surface area contributed by atoms with E-state index >= 15 is 0 Å². The fraction of sp³-hybridized carbons (Fsp3) is 0.800. The monoisotopic (exact) mass is 258 g/mol. The zero-order chi connectivity index (χ0) is 9.99. The van der Waals surface area contributed by atoms with Gasteiger partial charge < -0.3 is 5.73 Å². The number of hydrogen-bond acceptors (Lipinski definition) is 3. The van der Waals surface area contributed by atoms with Crippen molar-refractivity contribution < 1.29 is 13.2 Å². The largest absolute Gasteiger partial charge is 0.368 e. The van der Waals surface area contributed by atoms with Crippen molar-refractivity contribution in [3.8, 4) is 0 Å². The van der Waals surface area contributed by atoms with Crippen LogP contribution in [0, 0.1) is 0 Å². The number of hydrogen-bond donors (Lipinski definition) is 2. The van der Waals surface area contributed by atoms with Crippen molar-refractivity contribution in [2.45, 2.75) is 19.4 Å². The van der Waals surface area contributed by atoms with Crippen LogP contribution in [-0.4, -0.2) is 24.5 Å². The van der Waals surface area contributed by atoms with Gasteiger partial charge in [0.15, 0.2) is 0 Å². The highest BCUT2D eigenvalue weighted by Crippen LogP contribution is 2.04. The molecule has 0 heterocycles. The Balaban J connectivity index is 4.57. The minimum Gasteiger partial charge on any atom is -0.368 e. The van der Waals surface area contributed by atoms with Gasteiger partial charge in [0.25, 0.3) is 0 Å². The molecule has 0 unspecified atom stereocenters. The molecular formula is C5H11BrN2O3S. The topological polar surface area (TPSA) is 89.3 Å². The first-order chi connectivity index (χ1) is 5.21. The van der Waals surface area contributed by atoms with Crippen molar-refractivity contribution in [1.29, 1.82) is 0 Å². The van der Waals surface area contributed by atoms with Crippen LogP contribution in [0.2, 0.25) is 0 Å². The van der Waals surface area contributed by atoms with Gasteiger partial charge in [0.05, 0.1) is 0 Å². The number of halogens is 1. The molecule has 0 aromatic rings. The van der Waals surface area contributed by atoms with E-state index in [1.54, 1.807) is 0 Å². The predicted octanol–water partition coefficient (Wildman–Crippen LogP) is -0.478. The smallest absolute Gasteiger partial charge is 0.238 e. The molecule has 3 N–H and O–H groups in total. The zero-order valence-corrected chi connectivity index (χ0v) is 9.20. The quantitative estimate of drug-likeness (QED) is 0.668. The molecule has 72 valence electrons. The lowest BCUT2D eigenvalue weighted by molar-refractivity contribution is -0.122. The van der Waals surface area contributed by atoms with Crippen molar-refractivity contribution in [3.63, 3.8) is 0 Å². The fourth-order valence-corrected chi connectivity index (χ4v) is 1.74. The Labute approximate surface area is 79.9 Å². The Bertz CT molecular complexity index is 272. The summed E-state index contributed by atoms with van der Waals surface area (Å²) in [4.78, 5) is 10.7.